The fourth-order valence-electron chi connectivity index (χ4n) is 2.08. The second kappa shape index (κ2) is 7.48. The summed E-state index contributed by atoms with van der Waals surface area (Å²) in [6.45, 7) is 2.91. The molecule has 0 spiro atoms. The molecule has 0 bridgehead atoms. The number of fused-ring (bicyclic) bond motifs is 1. The third-order valence-corrected chi connectivity index (χ3v) is 4.39. The smallest absolute Gasteiger partial charge is 0.348 e. The van der Waals surface area contributed by atoms with Crippen LogP contribution < -0.4 is 4.90 Å². The fourth-order valence-corrected chi connectivity index (χ4v) is 3.11. The number of hydrogen-bond acceptors (Lipinski definition) is 8. The van der Waals surface area contributed by atoms with E-state index in [1.54, 1.807) is 7.11 Å². The third kappa shape index (κ3) is 3.34. The first kappa shape index (κ1) is 16.6. The van der Waals surface area contributed by atoms with Gasteiger partial charge in [-0.3, -0.25) is 0 Å². The molecule has 0 aliphatic carbocycles. The molecule has 0 saturated heterocycles. The van der Waals surface area contributed by atoms with E-state index < -0.39 is 0 Å². The summed E-state index contributed by atoms with van der Waals surface area (Å²) in [5, 5.41) is 9.91. The van der Waals surface area contributed by atoms with Crippen molar-refractivity contribution in [1.29, 1.82) is 0 Å². The summed E-state index contributed by atoms with van der Waals surface area (Å²) >= 11 is 1.28. The van der Waals surface area contributed by atoms with Gasteiger partial charge in [-0.2, -0.15) is 0 Å². The van der Waals surface area contributed by atoms with Crippen molar-refractivity contribution in [3.8, 4) is 0 Å². The SMILES string of the molecule is COCCOC(=O)c1sc2ncnc(N(C)CCO)c2c1C. The number of carbonyl (C=O) groups excluding carboxylic acids is 1. The van der Waals surface area contributed by atoms with Crippen LogP contribution in [0.25, 0.3) is 10.2 Å². The Morgan fingerprint density at radius 1 is 1.41 bits per heavy atom. The number of aromatic nitrogens is 2. The van der Waals surface area contributed by atoms with E-state index in [0.29, 0.717) is 23.8 Å². The summed E-state index contributed by atoms with van der Waals surface area (Å²) < 4.78 is 10.0. The Kier molecular flexibility index (Phi) is 5.64. The molecule has 0 unspecified atom stereocenters. The number of aryl methyl sites for hydroxylation is 1. The molecule has 2 aromatic rings. The van der Waals surface area contributed by atoms with Crippen molar-refractivity contribution in [2.75, 3.05) is 45.4 Å². The van der Waals surface area contributed by atoms with Crippen LogP contribution in [0.4, 0.5) is 5.82 Å². The Balaban J connectivity index is 2.37. The van der Waals surface area contributed by atoms with E-state index in [1.807, 2.05) is 18.9 Å². The number of rotatable bonds is 7. The summed E-state index contributed by atoms with van der Waals surface area (Å²) in [6.07, 6.45) is 1.46. The van der Waals surface area contributed by atoms with E-state index in [2.05, 4.69) is 9.97 Å². The number of thiophene rings is 1. The predicted molar refractivity (Wildman–Crippen MR) is 84.7 cm³/mol. The van der Waals surface area contributed by atoms with Crippen molar-refractivity contribution in [2.45, 2.75) is 6.92 Å². The molecule has 0 aromatic carbocycles. The van der Waals surface area contributed by atoms with Gasteiger partial charge < -0.3 is 19.5 Å². The van der Waals surface area contributed by atoms with Crippen LogP contribution >= 0.6 is 11.3 Å². The number of ether oxygens (including phenoxy) is 2. The van der Waals surface area contributed by atoms with E-state index in [-0.39, 0.29) is 19.2 Å². The highest BCUT2D eigenvalue weighted by molar-refractivity contribution is 7.20. The Labute approximate surface area is 132 Å². The lowest BCUT2D eigenvalue weighted by Crippen LogP contribution is -2.22. The van der Waals surface area contributed by atoms with Gasteiger partial charge in [0.25, 0.3) is 0 Å². The highest BCUT2D eigenvalue weighted by Crippen LogP contribution is 2.34. The molecule has 0 fully saturated rings. The molecular formula is C14H19N3O4S. The molecule has 1 N–H and O–H groups in total. The van der Waals surface area contributed by atoms with E-state index in [0.717, 1.165) is 15.8 Å². The normalized spacial score (nSPS) is 10.9. The van der Waals surface area contributed by atoms with Gasteiger partial charge in [-0.1, -0.05) is 0 Å². The molecule has 7 nitrogen and oxygen atoms in total. The molecule has 0 aliphatic heterocycles. The molecule has 120 valence electrons. The number of anilines is 1. The average Bonchev–Trinajstić information content (AvgIpc) is 2.85. The largest absolute Gasteiger partial charge is 0.459 e. The van der Waals surface area contributed by atoms with Crippen molar-refractivity contribution < 1.29 is 19.4 Å². The molecule has 0 saturated carbocycles. The van der Waals surface area contributed by atoms with Gasteiger partial charge in [-0.15, -0.1) is 11.3 Å². The lowest BCUT2D eigenvalue weighted by Gasteiger charge is -2.17. The molecule has 0 radical (unpaired) electrons. The van der Waals surface area contributed by atoms with Gasteiger partial charge in [-0.05, 0) is 12.5 Å². The van der Waals surface area contributed by atoms with Crippen LogP contribution in [0.1, 0.15) is 15.2 Å². The van der Waals surface area contributed by atoms with Crippen LogP contribution in [-0.4, -0.2) is 61.6 Å². The minimum atomic E-state index is -0.381. The molecule has 2 rings (SSSR count). The van der Waals surface area contributed by atoms with Gasteiger partial charge >= 0.3 is 5.97 Å². The third-order valence-electron chi connectivity index (χ3n) is 3.21. The highest BCUT2D eigenvalue weighted by atomic mass is 32.1. The molecule has 2 aromatic heterocycles. The Bertz CT molecular complexity index is 659. The maximum Gasteiger partial charge on any atom is 0.348 e. The molecule has 22 heavy (non-hydrogen) atoms. The van der Waals surface area contributed by atoms with Crippen LogP contribution in [0.15, 0.2) is 6.33 Å². The lowest BCUT2D eigenvalue weighted by molar-refractivity contribution is 0.0393. The number of methoxy groups -OCH3 is 1. The Morgan fingerprint density at radius 3 is 2.86 bits per heavy atom. The number of likely N-dealkylation sites (N-methyl/N-ethyl adjacent to an activating group) is 1. The Morgan fingerprint density at radius 2 is 2.18 bits per heavy atom. The average molecular weight is 325 g/mol. The summed E-state index contributed by atoms with van der Waals surface area (Å²) in [5.41, 5.74) is 0.794. The van der Waals surface area contributed by atoms with Crippen LogP contribution in [0.2, 0.25) is 0 Å². The second-order valence-corrected chi connectivity index (χ2v) is 5.71. The molecular weight excluding hydrogens is 306 g/mol. The molecule has 2 heterocycles. The summed E-state index contributed by atoms with van der Waals surface area (Å²) in [7, 11) is 3.39. The standard InChI is InChI=1S/C14H19N3O4S/c1-9-10-12(17(2)4-5-18)15-8-16-13(10)22-11(9)14(19)21-7-6-20-3/h8,18H,4-7H2,1-3H3. The maximum atomic E-state index is 12.1. The lowest BCUT2D eigenvalue weighted by atomic mass is 10.2. The zero-order chi connectivity index (χ0) is 16.1. The second-order valence-electron chi connectivity index (χ2n) is 4.71. The zero-order valence-corrected chi connectivity index (χ0v) is 13.6. The van der Waals surface area contributed by atoms with Gasteiger partial charge in [0.1, 0.15) is 28.5 Å². The monoisotopic (exact) mass is 325 g/mol. The number of carbonyl (C=O) groups is 1. The molecule has 0 aliphatic rings. The first-order chi connectivity index (χ1) is 10.6. The minimum Gasteiger partial charge on any atom is -0.459 e. The van der Waals surface area contributed by atoms with Crippen LogP contribution in [0, 0.1) is 6.92 Å². The van der Waals surface area contributed by atoms with E-state index in [4.69, 9.17) is 14.6 Å². The van der Waals surface area contributed by atoms with Crippen molar-refractivity contribution in [1.82, 2.24) is 9.97 Å². The van der Waals surface area contributed by atoms with Crippen LogP contribution in [0.3, 0.4) is 0 Å². The van der Waals surface area contributed by atoms with E-state index in [1.165, 1.54) is 17.7 Å². The summed E-state index contributed by atoms with van der Waals surface area (Å²) in [6, 6.07) is 0. The number of hydrogen-bond donors (Lipinski definition) is 1. The molecule has 0 atom stereocenters. The van der Waals surface area contributed by atoms with Crippen molar-refractivity contribution in [2.24, 2.45) is 0 Å². The van der Waals surface area contributed by atoms with E-state index in [9.17, 15) is 4.79 Å². The zero-order valence-electron chi connectivity index (χ0n) is 12.8. The van der Waals surface area contributed by atoms with Gasteiger partial charge in [-0.25, -0.2) is 14.8 Å². The predicted octanol–water partition coefficient (Wildman–Crippen LogP) is 1.23. The number of esters is 1. The summed E-state index contributed by atoms with van der Waals surface area (Å²) in [4.78, 5) is 23.7. The number of nitrogens with zero attached hydrogens (tertiary/aromatic N) is 3. The first-order valence-corrected chi connectivity index (χ1v) is 7.64. The van der Waals surface area contributed by atoms with Gasteiger partial charge in [0.2, 0.25) is 0 Å². The number of aliphatic hydroxyl groups is 1. The van der Waals surface area contributed by atoms with Gasteiger partial charge in [0.15, 0.2) is 0 Å². The van der Waals surface area contributed by atoms with Crippen molar-refractivity contribution in [3.05, 3.63) is 16.8 Å². The van der Waals surface area contributed by atoms with Crippen molar-refractivity contribution >= 4 is 33.3 Å². The summed E-state index contributed by atoms with van der Waals surface area (Å²) in [5.74, 6) is 0.317. The topological polar surface area (TPSA) is 84.8 Å². The van der Waals surface area contributed by atoms with Crippen LogP contribution in [0.5, 0.6) is 0 Å². The van der Waals surface area contributed by atoms with E-state index >= 15 is 0 Å². The quantitative estimate of drug-likeness (QED) is 0.605. The Hall–Kier alpha value is -1.77. The maximum absolute atomic E-state index is 12.1. The van der Waals surface area contributed by atoms with Crippen LogP contribution in [-0.2, 0) is 9.47 Å². The first-order valence-electron chi connectivity index (χ1n) is 6.82. The molecule has 8 heteroatoms. The minimum absolute atomic E-state index is 0.0249. The van der Waals surface area contributed by atoms with Gasteiger partial charge in [0.05, 0.1) is 18.6 Å². The fraction of sp³-hybridized carbons (Fsp3) is 0.500. The molecule has 0 amide bonds. The van der Waals surface area contributed by atoms with Crippen molar-refractivity contribution in [3.63, 3.8) is 0 Å². The van der Waals surface area contributed by atoms with Gasteiger partial charge in [0, 0.05) is 20.7 Å². The highest BCUT2D eigenvalue weighted by Gasteiger charge is 2.21. The number of aliphatic hydroxyl groups excluding tert-OH is 1.